The number of halogens is 1. The van der Waals surface area contributed by atoms with Gasteiger partial charge in [-0.1, -0.05) is 0 Å². The lowest BCUT2D eigenvalue weighted by Gasteiger charge is -2.19. The zero-order valence-corrected chi connectivity index (χ0v) is 10.2. The molecule has 1 heterocycles. The Kier molecular flexibility index (Phi) is 4.35. The maximum atomic E-state index is 5.46. The van der Waals surface area contributed by atoms with E-state index in [-0.39, 0.29) is 0 Å². The average molecular weight is 258 g/mol. The van der Waals surface area contributed by atoms with E-state index in [4.69, 9.17) is 5.73 Å². The quantitative estimate of drug-likeness (QED) is 0.897. The van der Waals surface area contributed by atoms with Gasteiger partial charge in [-0.05, 0) is 47.4 Å². The number of aryl methyl sites for hydroxylation is 1. The summed E-state index contributed by atoms with van der Waals surface area (Å²) in [7, 11) is 2.03. The largest absolute Gasteiger partial charge is 0.359 e. The smallest absolute Gasteiger partial charge is 0.142 e. The molecule has 1 aromatic heterocycles. The number of hydrogen-bond acceptors (Lipinski definition) is 3. The molecule has 78 valence electrons. The molecule has 0 spiro atoms. The Labute approximate surface area is 93.4 Å². The summed E-state index contributed by atoms with van der Waals surface area (Å²) in [6, 6.07) is 2.07. The van der Waals surface area contributed by atoms with Crippen molar-refractivity contribution < 1.29 is 0 Å². The van der Waals surface area contributed by atoms with Crippen molar-refractivity contribution in [3.63, 3.8) is 0 Å². The number of nitrogens with two attached hydrogens (primary N) is 1. The highest BCUT2D eigenvalue weighted by molar-refractivity contribution is 9.10. The molecule has 3 nitrogen and oxygen atoms in total. The molecule has 0 saturated carbocycles. The third-order valence-corrected chi connectivity index (χ3v) is 2.60. The van der Waals surface area contributed by atoms with Crippen molar-refractivity contribution in [2.75, 3.05) is 25.0 Å². The predicted molar refractivity (Wildman–Crippen MR) is 63.6 cm³/mol. The second kappa shape index (κ2) is 5.32. The monoisotopic (exact) mass is 257 g/mol. The maximum Gasteiger partial charge on any atom is 0.142 e. The van der Waals surface area contributed by atoms with Crippen molar-refractivity contribution in [3.8, 4) is 0 Å². The molecular formula is C10H16BrN3. The molecular weight excluding hydrogens is 242 g/mol. The average Bonchev–Trinajstić information content (AvgIpc) is 2.14. The predicted octanol–water partition coefficient (Wildman–Crippen LogP) is 1.94. The van der Waals surface area contributed by atoms with Crippen LogP contribution in [-0.2, 0) is 0 Å². The fraction of sp³-hybridized carbons (Fsp3) is 0.500. The Morgan fingerprint density at radius 1 is 1.57 bits per heavy atom. The van der Waals surface area contributed by atoms with Gasteiger partial charge in [-0.25, -0.2) is 4.98 Å². The van der Waals surface area contributed by atoms with Crippen LogP contribution < -0.4 is 10.6 Å². The Morgan fingerprint density at radius 2 is 2.29 bits per heavy atom. The lowest BCUT2D eigenvalue weighted by molar-refractivity contribution is 0.785. The standard InChI is InChI=1S/C10H16BrN3/c1-8-6-9(11)10(13-7-8)14(2)5-3-4-12/h6-7H,3-5,12H2,1-2H3. The molecule has 0 aliphatic heterocycles. The molecule has 1 rings (SSSR count). The topological polar surface area (TPSA) is 42.2 Å². The summed E-state index contributed by atoms with van der Waals surface area (Å²) in [5, 5.41) is 0. The van der Waals surface area contributed by atoms with Gasteiger partial charge < -0.3 is 10.6 Å². The third kappa shape index (κ3) is 2.96. The molecule has 0 fully saturated rings. The van der Waals surface area contributed by atoms with Crippen LogP contribution in [0.2, 0.25) is 0 Å². The number of anilines is 1. The van der Waals surface area contributed by atoms with E-state index in [0.717, 1.165) is 28.8 Å². The third-order valence-electron chi connectivity index (χ3n) is 2.02. The highest BCUT2D eigenvalue weighted by Crippen LogP contribution is 2.23. The minimum atomic E-state index is 0.716. The van der Waals surface area contributed by atoms with Crippen LogP contribution in [0.15, 0.2) is 16.7 Å². The van der Waals surface area contributed by atoms with Crippen molar-refractivity contribution in [2.24, 2.45) is 5.73 Å². The molecule has 0 aliphatic rings. The first-order valence-electron chi connectivity index (χ1n) is 4.68. The van der Waals surface area contributed by atoms with Crippen molar-refractivity contribution in [1.82, 2.24) is 4.98 Å². The Hall–Kier alpha value is -0.610. The van der Waals surface area contributed by atoms with E-state index in [2.05, 4.69) is 31.9 Å². The summed E-state index contributed by atoms with van der Waals surface area (Å²) < 4.78 is 1.04. The van der Waals surface area contributed by atoms with E-state index < -0.39 is 0 Å². The summed E-state index contributed by atoms with van der Waals surface area (Å²) in [4.78, 5) is 6.48. The number of pyridine rings is 1. The Bertz CT molecular complexity index is 301. The van der Waals surface area contributed by atoms with Crippen LogP contribution >= 0.6 is 15.9 Å². The highest BCUT2D eigenvalue weighted by atomic mass is 79.9. The van der Waals surface area contributed by atoms with Crippen LogP contribution in [0.25, 0.3) is 0 Å². The van der Waals surface area contributed by atoms with Gasteiger partial charge in [0.05, 0.1) is 4.47 Å². The van der Waals surface area contributed by atoms with Gasteiger partial charge >= 0.3 is 0 Å². The molecule has 0 unspecified atom stereocenters. The van der Waals surface area contributed by atoms with E-state index >= 15 is 0 Å². The van der Waals surface area contributed by atoms with E-state index in [1.807, 2.05) is 20.2 Å². The normalized spacial score (nSPS) is 10.3. The summed E-state index contributed by atoms with van der Waals surface area (Å²) in [5.74, 6) is 0.976. The van der Waals surface area contributed by atoms with Gasteiger partial charge in [0.25, 0.3) is 0 Å². The van der Waals surface area contributed by atoms with Crippen molar-refractivity contribution in [1.29, 1.82) is 0 Å². The summed E-state index contributed by atoms with van der Waals surface area (Å²) in [6.45, 7) is 3.68. The van der Waals surface area contributed by atoms with Crippen LogP contribution in [-0.4, -0.2) is 25.1 Å². The Morgan fingerprint density at radius 3 is 2.86 bits per heavy atom. The van der Waals surface area contributed by atoms with Crippen LogP contribution in [0.3, 0.4) is 0 Å². The maximum absolute atomic E-state index is 5.46. The fourth-order valence-electron chi connectivity index (χ4n) is 1.24. The van der Waals surface area contributed by atoms with E-state index in [0.29, 0.717) is 6.54 Å². The van der Waals surface area contributed by atoms with Crippen molar-refractivity contribution in [3.05, 3.63) is 22.3 Å². The van der Waals surface area contributed by atoms with Gasteiger partial charge in [0.2, 0.25) is 0 Å². The molecule has 0 aromatic carbocycles. The van der Waals surface area contributed by atoms with Crippen LogP contribution in [0.4, 0.5) is 5.82 Å². The van der Waals surface area contributed by atoms with Gasteiger partial charge in [-0.2, -0.15) is 0 Å². The lowest BCUT2D eigenvalue weighted by Crippen LogP contribution is -2.22. The first-order chi connectivity index (χ1) is 6.65. The summed E-state index contributed by atoms with van der Waals surface area (Å²) >= 11 is 3.50. The van der Waals surface area contributed by atoms with Crippen molar-refractivity contribution in [2.45, 2.75) is 13.3 Å². The minimum Gasteiger partial charge on any atom is -0.359 e. The number of rotatable bonds is 4. The molecule has 4 heteroatoms. The first-order valence-corrected chi connectivity index (χ1v) is 5.48. The van der Waals surface area contributed by atoms with Crippen LogP contribution in [0, 0.1) is 6.92 Å². The summed E-state index contributed by atoms with van der Waals surface area (Å²) in [5.41, 5.74) is 6.62. The zero-order valence-electron chi connectivity index (χ0n) is 8.63. The van der Waals surface area contributed by atoms with Gasteiger partial charge in [0.15, 0.2) is 0 Å². The van der Waals surface area contributed by atoms with Gasteiger partial charge in [-0.15, -0.1) is 0 Å². The zero-order chi connectivity index (χ0) is 10.6. The van der Waals surface area contributed by atoms with E-state index in [1.165, 1.54) is 0 Å². The highest BCUT2D eigenvalue weighted by Gasteiger charge is 2.06. The minimum absolute atomic E-state index is 0.716. The van der Waals surface area contributed by atoms with Crippen molar-refractivity contribution >= 4 is 21.7 Å². The molecule has 0 bridgehead atoms. The molecule has 1 aromatic rings. The van der Waals surface area contributed by atoms with Gasteiger partial charge in [-0.3, -0.25) is 0 Å². The molecule has 0 atom stereocenters. The van der Waals surface area contributed by atoms with E-state index in [1.54, 1.807) is 0 Å². The number of hydrogen-bond donors (Lipinski definition) is 1. The number of aromatic nitrogens is 1. The first kappa shape index (κ1) is 11.5. The molecule has 0 saturated heterocycles. The molecule has 0 aliphatic carbocycles. The summed E-state index contributed by atoms with van der Waals surface area (Å²) in [6.07, 6.45) is 2.86. The fourth-order valence-corrected chi connectivity index (χ4v) is 2.01. The van der Waals surface area contributed by atoms with Crippen LogP contribution in [0.5, 0.6) is 0 Å². The van der Waals surface area contributed by atoms with Crippen LogP contribution in [0.1, 0.15) is 12.0 Å². The lowest BCUT2D eigenvalue weighted by atomic mass is 10.3. The SMILES string of the molecule is Cc1cnc(N(C)CCCN)c(Br)c1. The molecule has 14 heavy (non-hydrogen) atoms. The molecule has 0 amide bonds. The second-order valence-electron chi connectivity index (χ2n) is 3.38. The molecule has 2 N–H and O–H groups in total. The van der Waals surface area contributed by atoms with Gasteiger partial charge in [0.1, 0.15) is 5.82 Å². The van der Waals surface area contributed by atoms with E-state index in [9.17, 15) is 0 Å². The molecule has 0 radical (unpaired) electrons. The second-order valence-corrected chi connectivity index (χ2v) is 4.24. The Balaban J connectivity index is 2.74. The number of nitrogens with zero attached hydrogens (tertiary/aromatic N) is 2. The van der Waals surface area contributed by atoms with Gasteiger partial charge in [0, 0.05) is 19.8 Å².